The number of halogens is 8. The minimum atomic E-state index is -1.57. The van der Waals surface area contributed by atoms with E-state index in [1.807, 2.05) is 0 Å². The van der Waals surface area contributed by atoms with E-state index in [0.29, 0.717) is 15.1 Å². The molecule has 0 saturated heterocycles. The maximum atomic E-state index is 15.9. The van der Waals surface area contributed by atoms with Gasteiger partial charge in [0.25, 0.3) is 5.91 Å². The molecule has 0 aliphatic rings. The van der Waals surface area contributed by atoms with Crippen LogP contribution < -0.4 is 15.5 Å². The number of hydrogen-bond donors (Lipinski definition) is 2. The summed E-state index contributed by atoms with van der Waals surface area (Å²) in [4.78, 5) is 52.3. The first-order valence-corrected chi connectivity index (χ1v) is 17.2. The predicted octanol–water partition coefficient (Wildman–Crippen LogP) is 11.4. The van der Waals surface area contributed by atoms with Gasteiger partial charge in [0.15, 0.2) is 11.6 Å². The zero-order chi connectivity index (χ0) is 37.9. The number of carbonyl (C=O) groups excluding carboxylic acids is 4. The third-order valence-corrected chi connectivity index (χ3v) is 8.63. The predicted molar refractivity (Wildman–Crippen MR) is 196 cm³/mol. The highest BCUT2D eigenvalue weighted by molar-refractivity contribution is 9.10. The molecule has 50 heavy (non-hydrogen) atoms. The van der Waals surface area contributed by atoms with Crippen molar-refractivity contribution >= 4 is 115 Å². The fraction of sp³-hybridized carbons (Fsp3) is 0.333. The van der Waals surface area contributed by atoms with Crippen molar-refractivity contribution in [2.24, 2.45) is 0 Å². The molecular weight excluding hydrogens is 830 g/mol. The number of anilines is 3. The molecule has 0 atom stereocenters. The number of nitrogens with zero attached hydrogens (tertiary/aromatic N) is 1. The number of benzene rings is 3. The van der Waals surface area contributed by atoms with Crippen LogP contribution in [-0.2, 0) is 20.7 Å². The average molecular weight is 861 g/mol. The SMILES string of the molecule is CC(C)(C)OC(=O)N(C(=O)OC(C)(C)C)c1c(F)ccc(NC(=O)c2cc(NC(=O)CC(Cl)(Cl)Cc3cc(Cl)c(Cl)c(Br)c3)ccc2Cl)c1F. The van der Waals surface area contributed by atoms with Crippen LogP contribution in [0, 0.1) is 11.6 Å². The molecule has 17 heteroatoms. The molecule has 4 amide bonds. The van der Waals surface area contributed by atoms with E-state index in [-0.39, 0.29) is 39.0 Å². The summed E-state index contributed by atoms with van der Waals surface area (Å²) in [5.41, 5.74) is -3.63. The molecule has 0 aliphatic carbocycles. The number of ether oxygens (including phenoxy) is 2. The van der Waals surface area contributed by atoms with Crippen LogP contribution in [0.3, 0.4) is 0 Å². The van der Waals surface area contributed by atoms with Gasteiger partial charge in [-0.2, -0.15) is 4.90 Å². The smallest absolute Gasteiger partial charge is 0.424 e. The highest BCUT2D eigenvalue weighted by Crippen LogP contribution is 2.37. The molecule has 3 aromatic rings. The molecule has 9 nitrogen and oxygen atoms in total. The van der Waals surface area contributed by atoms with Gasteiger partial charge in [-0.3, -0.25) is 9.59 Å². The Bertz CT molecular complexity index is 1780. The van der Waals surface area contributed by atoms with Crippen molar-refractivity contribution in [1.82, 2.24) is 0 Å². The normalized spacial score (nSPS) is 11.9. The van der Waals surface area contributed by atoms with E-state index in [1.165, 1.54) is 59.7 Å². The summed E-state index contributed by atoms with van der Waals surface area (Å²) in [7, 11) is 0. The summed E-state index contributed by atoms with van der Waals surface area (Å²) < 4.78 is 40.4. The van der Waals surface area contributed by atoms with Gasteiger partial charge in [-0.1, -0.05) is 34.8 Å². The van der Waals surface area contributed by atoms with Gasteiger partial charge in [0.1, 0.15) is 21.2 Å². The number of amides is 4. The van der Waals surface area contributed by atoms with Crippen molar-refractivity contribution < 1.29 is 37.4 Å². The first-order chi connectivity index (χ1) is 22.9. The number of rotatable bonds is 8. The Balaban J connectivity index is 1.86. The summed E-state index contributed by atoms with van der Waals surface area (Å²) in [5, 5.41) is 5.29. The minimum absolute atomic E-state index is 0.0256. The number of imide groups is 1. The molecule has 3 rings (SSSR count). The summed E-state index contributed by atoms with van der Waals surface area (Å²) in [6, 6.07) is 8.73. The number of hydrogen-bond acceptors (Lipinski definition) is 6. The van der Waals surface area contributed by atoms with Gasteiger partial charge in [0.05, 0.1) is 32.7 Å². The summed E-state index contributed by atoms with van der Waals surface area (Å²) >= 11 is 34.6. The summed E-state index contributed by atoms with van der Waals surface area (Å²) in [6.45, 7) is 8.92. The van der Waals surface area contributed by atoms with E-state index in [1.54, 1.807) is 12.1 Å². The Morgan fingerprint density at radius 2 is 1.40 bits per heavy atom. The molecule has 2 N–H and O–H groups in total. The van der Waals surface area contributed by atoms with Gasteiger partial charge in [0, 0.05) is 16.6 Å². The Labute approximate surface area is 320 Å². The third kappa shape index (κ3) is 11.6. The van der Waals surface area contributed by atoms with Crippen LogP contribution >= 0.6 is 73.9 Å². The largest absolute Gasteiger partial charge is 0.443 e. The van der Waals surface area contributed by atoms with E-state index in [4.69, 9.17) is 67.5 Å². The monoisotopic (exact) mass is 857 g/mol. The number of nitrogens with one attached hydrogen (secondary N) is 2. The molecule has 0 saturated carbocycles. The van der Waals surface area contributed by atoms with Crippen molar-refractivity contribution in [2.75, 3.05) is 15.5 Å². The fourth-order valence-electron chi connectivity index (χ4n) is 4.19. The molecule has 0 heterocycles. The Morgan fingerprint density at radius 1 is 0.820 bits per heavy atom. The summed E-state index contributed by atoms with van der Waals surface area (Å²) in [6.07, 6.45) is -3.21. The second kappa shape index (κ2) is 16.2. The Kier molecular flexibility index (Phi) is 13.5. The third-order valence-electron chi connectivity index (χ3n) is 6.11. The lowest BCUT2D eigenvalue weighted by Crippen LogP contribution is -2.44. The molecule has 0 bridgehead atoms. The molecule has 270 valence electrons. The molecule has 0 aromatic heterocycles. The van der Waals surface area contributed by atoms with Crippen LogP contribution in [0.2, 0.25) is 15.1 Å². The van der Waals surface area contributed by atoms with Crippen molar-refractivity contribution in [2.45, 2.75) is 69.9 Å². The molecule has 0 fully saturated rings. The van der Waals surface area contributed by atoms with Crippen LogP contribution in [-0.4, -0.2) is 39.5 Å². The Hall–Kier alpha value is -2.87. The van der Waals surface area contributed by atoms with Crippen LogP contribution in [0.5, 0.6) is 0 Å². The standard InChI is InChI=1S/C33H31BrCl5F2N3O6/c1-31(2,3)49-29(47)44(30(48)50-32(4,5)6)27-22(40)9-10-23(26(27)41)43-28(46)18-13-17(7-8-20(18)35)42-24(45)15-33(38,39)14-16-11-19(34)25(37)21(36)12-16/h7-13H,14-15H2,1-6H3,(H,42,45)(H,43,46). The van der Waals surface area contributed by atoms with Crippen molar-refractivity contribution in [3.63, 3.8) is 0 Å². The van der Waals surface area contributed by atoms with Gasteiger partial charge in [-0.05, 0) is 106 Å². The van der Waals surface area contributed by atoms with E-state index in [9.17, 15) is 19.2 Å². The highest BCUT2D eigenvalue weighted by Gasteiger charge is 2.37. The van der Waals surface area contributed by atoms with Gasteiger partial charge in [0.2, 0.25) is 5.91 Å². The highest BCUT2D eigenvalue weighted by atomic mass is 79.9. The van der Waals surface area contributed by atoms with Gasteiger partial charge in [-0.25, -0.2) is 18.4 Å². The van der Waals surface area contributed by atoms with Crippen LogP contribution in [0.4, 0.5) is 35.4 Å². The van der Waals surface area contributed by atoms with E-state index in [0.717, 1.165) is 12.1 Å². The fourth-order valence-corrected chi connectivity index (χ4v) is 5.92. The van der Waals surface area contributed by atoms with Crippen molar-refractivity contribution in [3.05, 3.63) is 84.8 Å². The molecule has 0 unspecified atom stereocenters. The van der Waals surface area contributed by atoms with Crippen LogP contribution in [0.1, 0.15) is 63.9 Å². The van der Waals surface area contributed by atoms with E-state index in [2.05, 4.69) is 26.6 Å². The maximum Gasteiger partial charge on any atom is 0.424 e. The Morgan fingerprint density at radius 3 is 1.94 bits per heavy atom. The van der Waals surface area contributed by atoms with Crippen molar-refractivity contribution in [1.29, 1.82) is 0 Å². The molecule has 0 aliphatic heterocycles. The lowest BCUT2D eigenvalue weighted by Gasteiger charge is -2.29. The topological polar surface area (TPSA) is 114 Å². The molecule has 0 spiro atoms. The van der Waals surface area contributed by atoms with Crippen LogP contribution in [0.15, 0.2) is 46.9 Å². The molecule has 0 radical (unpaired) electrons. The zero-order valence-electron chi connectivity index (χ0n) is 27.4. The molecular formula is C33H31BrCl5F2N3O6. The van der Waals surface area contributed by atoms with Gasteiger partial charge in [-0.15, -0.1) is 23.2 Å². The first kappa shape index (κ1) is 41.5. The van der Waals surface area contributed by atoms with Crippen molar-refractivity contribution in [3.8, 4) is 0 Å². The van der Waals surface area contributed by atoms with Gasteiger partial charge < -0.3 is 20.1 Å². The number of alkyl halides is 2. The summed E-state index contributed by atoms with van der Waals surface area (Å²) in [5.74, 6) is -4.44. The number of carbonyl (C=O) groups is 4. The quantitative estimate of drug-likeness (QED) is 0.172. The minimum Gasteiger partial charge on any atom is -0.443 e. The average Bonchev–Trinajstić information content (AvgIpc) is 2.93. The van der Waals surface area contributed by atoms with Crippen LogP contribution in [0.25, 0.3) is 0 Å². The second-order valence-corrected chi connectivity index (χ2v) is 16.5. The zero-order valence-corrected chi connectivity index (χ0v) is 32.7. The van der Waals surface area contributed by atoms with Gasteiger partial charge >= 0.3 is 12.2 Å². The lowest BCUT2D eigenvalue weighted by molar-refractivity contribution is -0.116. The van der Waals surface area contributed by atoms with E-state index < -0.39 is 62.5 Å². The lowest BCUT2D eigenvalue weighted by atomic mass is 10.1. The maximum absolute atomic E-state index is 15.9. The second-order valence-electron chi connectivity index (χ2n) is 12.8. The molecule has 3 aromatic carbocycles. The van der Waals surface area contributed by atoms with E-state index >= 15 is 8.78 Å². The first-order valence-electron chi connectivity index (χ1n) is 14.5.